The average molecular weight is 264 g/mol. The van der Waals surface area contributed by atoms with Crippen LogP contribution in [0.5, 0.6) is 0 Å². The molecule has 2 fully saturated rings. The van der Waals surface area contributed by atoms with Crippen molar-refractivity contribution in [2.24, 2.45) is 0 Å². The van der Waals surface area contributed by atoms with Crippen LogP contribution in [0.3, 0.4) is 0 Å². The third-order valence-electron chi connectivity index (χ3n) is 2.89. The molecule has 16 heavy (non-hydrogen) atoms. The Balaban J connectivity index is 1.68. The van der Waals surface area contributed by atoms with Gasteiger partial charge in [0.2, 0.25) is 10.0 Å². The molecule has 1 aliphatic carbocycles. The molecule has 0 spiro atoms. The van der Waals surface area contributed by atoms with E-state index in [9.17, 15) is 8.42 Å². The minimum absolute atomic E-state index is 0.157. The number of rotatable bonds is 6. The van der Waals surface area contributed by atoms with Crippen molar-refractivity contribution in [2.45, 2.75) is 37.8 Å². The molecule has 0 radical (unpaired) electrons. The second-order valence-corrected chi connectivity index (χ2v) is 7.60. The first-order chi connectivity index (χ1) is 7.66. The van der Waals surface area contributed by atoms with Crippen LogP contribution in [-0.4, -0.2) is 44.3 Å². The maximum Gasteiger partial charge on any atom is 0.213 e. The van der Waals surface area contributed by atoms with Crippen LogP contribution >= 0.6 is 11.8 Å². The van der Waals surface area contributed by atoms with E-state index < -0.39 is 10.0 Å². The van der Waals surface area contributed by atoms with Gasteiger partial charge in [-0.05, 0) is 31.4 Å². The Morgan fingerprint density at radius 3 is 2.62 bits per heavy atom. The van der Waals surface area contributed by atoms with Gasteiger partial charge in [-0.25, -0.2) is 13.1 Å². The van der Waals surface area contributed by atoms with Gasteiger partial charge in [-0.2, -0.15) is 11.8 Å². The molecule has 0 amide bonds. The Kier molecular flexibility index (Phi) is 4.52. The quantitative estimate of drug-likeness (QED) is 0.736. The molecule has 2 N–H and O–H groups in total. The summed E-state index contributed by atoms with van der Waals surface area (Å²) < 4.78 is 26.3. The van der Waals surface area contributed by atoms with Crippen LogP contribution in [0.2, 0.25) is 0 Å². The topological polar surface area (TPSA) is 58.2 Å². The van der Waals surface area contributed by atoms with Gasteiger partial charge in [0.05, 0.1) is 5.75 Å². The van der Waals surface area contributed by atoms with E-state index in [0.29, 0.717) is 12.6 Å². The molecule has 1 atom stereocenters. The normalized spacial score (nSPS) is 26.9. The SMILES string of the molecule is O=S(=O)(CCNC1CC1)NC1CCCSC1. The number of hydrogen-bond acceptors (Lipinski definition) is 4. The maximum atomic E-state index is 11.7. The van der Waals surface area contributed by atoms with Crippen LogP contribution in [0, 0.1) is 0 Å². The Labute approximate surface area is 102 Å². The summed E-state index contributed by atoms with van der Waals surface area (Å²) >= 11 is 1.84. The van der Waals surface area contributed by atoms with E-state index in [1.807, 2.05) is 11.8 Å². The van der Waals surface area contributed by atoms with Crippen LogP contribution in [0.25, 0.3) is 0 Å². The van der Waals surface area contributed by atoms with Gasteiger partial charge in [0, 0.05) is 24.4 Å². The summed E-state index contributed by atoms with van der Waals surface area (Å²) in [6.07, 6.45) is 4.51. The number of hydrogen-bond donors (Lipinski definition) is 2. The lowest BCUT2D eigenvalue weighted by molar-refractivity contribution is 0.540. The van der Waals surface area contributed by atoms with Crippen molar-refractivity contribution in [1.29, 1.82) is 0 Å². The first-order valence-corrected chi connectivity index (χ1v) is 8.77. The van der Waals surface area contributed by atoms with Crippen molar-refractivity contribution < 1.29 is 8.42 Å². The van der Waals surface area contributed by atoms with E-state index in [1.54, 1.807) is 0 Å². The van der Waals surface area contributed by atoms with E-state index in [1.165, 1.54) is 18.6 Å². The van der Waals surface area contributed by atoms with Crippen molar-refractivity contribution in [3.8, 4) is 0 Å². The minimum atomic E-state index is -3.07. The Bertz CT molecular complexity index is 309. The number of nitrogens with one attached hydrogen (secondary N) is 2. The van der Waals surface area contributed by atoms with Crippen LogP contribution in [0.15, 0.2) is 0 Å². The van der Waals surface area contributed by atoms with Crippen LogP contribution in [-0.2, 0) is 10.0 Å². The molecule has 94 valence electrons. The first kappa shape index (κ1) is 12.7. The van der Waals surface area contributed by atoms with Gasteiger partial charge in [0.25, 0.3) is 0 Å². The molecule has 2 rings (SSSR count). The maximum absolute atomic E-state index is 11.7. The Morgan fingerprint density at radius 1 is 1.19 bits per heavy atom. The van der Waals surface area contributed by atoms with E-state index in [-0.39, 0.29) is 11.8 Å². The summed E-state index contributed by atoms with van der Waals surface area (Å²) in [5, 5.41) is 3.23. The van der Waals surface area contributed by atoms with E-state index in [4.69, 9.17) is 0 Å². The summed E-state index contributed by atoms with van der Waals surface area (Å²) in [5.74, 6) is 2.31. The summed E-state index contributed by atoms with van der Waals surface area (Å²) in [6, 6.07) is 0.741. The Hall–Kier alpha value is 0.220. The monoisotopic (exact) mass is 264 g/mol. The zero-order chi connectivity index (χ0) is 11.4. The molecule has 0 aromatic rings. The molecule has 1 saturated heterocycles. The highest BCUT2D eigenvalue weighted by molar-refractivity contribution is 7.99. The highest BCUT2D eigenvalue weighted by Gasteiger charge is 2.23. The van der Waals surface area contributed by atoms with Crippen molar-refractivity contribution in [1.82, 2.24) is 10.0 Å². The summed E-state index contributed by atoms with van der Waals surface area (Å²) in [5.41, 5.74) is 0. The lowest BCUT2D eigenvalue weighted by Gasteiger charge is -2.22. The second kappa shape index (κ2) is 5.71. The highest BCUT2D eigenvalue weighted by atomic mass is 32.2. The lowest BCUT2D eigenvalue weighted by atomic mass is 10.2. The van der Waals surface area contributed by atoms with Crippen LogP contribution in [0.1, 0.15) is 25.7 Å². The number of sulfonamides is 1. The zero-order valence-corrected chi connectivity index (χ0v) is 11.1. The fourth-order valence-corrected chi connectivity index (χ4v) is 4.22. The molecule has 0 aromatic heterocycles. The molecule has 1 unspecified atom stereocenters. The molecular formula is C10H20N2O2S2. The zero-order valence-electron chi connectivity index (χ0n) is 9.44. The van der Waals surface area contributed by atoms with Gasteiger partial charge in [-0.15, -0.1) is 0 Å². The van der Waals surface area contributed by atoms with Crippen molar-refractivity contribution in [2.75, 3.05) is 23.8 Å². The van der Waals surface area contributed by atoms with E-state index >= 15 is 0 Å². The second-order valence-electron chi connectivity index (χ2n) is 4.58. The van der Waals surface area contributed by atoms with Gasteiger partial charge < -0.3 is 5.32 Å². The molecule has 2 aliphatic rings. The standard InChI is InChI=1S/C10H20N2O2S2/c13-16(14,7-5-11-9-3-4-9)12-10-2-1-6-15-8-10/h9-12H,1-8H2. The van der Waals surface area contributed by atoms with Crippen LogP contribution < -0.4 is 10.0 Å². The molecule has 1 heterocycles. The predicted molar refractivity (Wildman–Crippen MR) is 68.3 cm³/mol. The van der Waals surface area contributed by atoms with E-state index in [2.05, 4.69) is 10.0 Å². The van der Waals surface area contributed by atoms with Gasteiger partial charge in [0.1, 0.15) is 0 Å². The molecule has 1 aliphatic heterocycles. The summed E-state index contributed by atoms with van der Waals surface area (Å²) in [7, 11) is -3.07. The summed E-state index contributed by atoms with van der Waals surface area (Å²) in [6.45, 7) is 0.583. The fourth-order valence-electron chi connectivity index (χ4n) is 1.83. The molecular weight excluding hydrogens is 244 g/mol. The Morgan fingerprint density at radius 2 is 2.00 bits per heavy atom. The van der Waals surface area contributed by atoms with Crippen molar-refractivity contribution in [3.05, 3.63) is 0 Å². The summed E-state index contributed by atoms with van der Waals surface area (Å²) in [4.78, 5) is 0. The smallest absolute Gasteiger partial charge is 0.213 e. The van der Waals surface area contributed by atoms with Gasteiger partial charge in [0.15, 0.2) is 0 Å². The lowest BCUT2D eigenvalue weighted by Crippen LogP contribution is -2.41. The largest absolute Gasteiger partial charge is 0.313 e. The molecule has 6 heteroatoms. The van der Waals surface area contributed by atoms with Crippen molar-refractivity contribution >= 4 is 21.8 Å². The molecule has 0 aromatic carbocycles. The number of thioether (sulfide) groups is 1. The van der Waals surface area contributed by atoms with Gasteiger partial charge in [-0.1, -0.05) is 0 Å². The first-order valence-electron chi connectivity index (χ1n) is 5.97. The van der Waals surface area contributed by atoms with Gasteiger partial charge in [-0.3, -0.25) is 0 Å². The van der Waals surface area contributed by atoms with Crippen molar-refractivity contribution in [3.63, 3.8) is 0 Å². The molecule has 4 nitrogen and oxygen atoms in total. The average Bonchev–Trinajstić information content (AvgIpc) is 3.02. The molecule has 0 bridgehead atoms. The molecule has 1 saturated carbocycles. The van der Waals surface area contributed by atoms with E-state index in [0.717, 1.165) is 18.6 Å². The van der Waals surface area contributed by atoms with Crippen LogP contribution in [0.4, 0.5) is 0 Å². The minimum Gasteiger partial charge on any atom is -0.313 e. The van der Waals surface area contributed by atoms with Gasteiger partial charge >= 0.3 is 0 Å². The third-order valence-corrected chi connectivity index (χ3v) is 5.54. The third kappa shape index (κ3) is 4.61. The fraction of sp³-hybridized carbons (Fsp3) is 1.00. The predicted octanol–water partition coefficient (Wildman–Crippen LogP) is 0.553. The highest BCUT2D eigenvalue weighted by Crippen LogP contribution is 2.19.